The van der Waals surface area contributed by atoms with Crippen LogP contribution < -0.4 is 0 Å². The highest BCUT2D eigenvalue weighted by atomic mass is 19.1. The molecule has 0 fully saturated rings. The van der Waals surface area contributed by atoms with Gasteiger partial charge in [0.05, 0.1) is 24.2 Å². The Morgan fingerprint density at radius 1 is 1.22 bits per heavy atom. The number of rotatable bonds is 2. The van der Waals surface area contributed by atoms with Crippen LogP contribution in [0.2, 0.25) is 0 Å². The SMILES string of the molecule is OCc1cn2nc(-c3cccc(F)c3)ccc2n1. The van der Waals surface area contributed by atoms with E-state index < -0.39 is 0 Å². The van der Waals surface area contributed by atoms with Crippen molar-refractivity contribution in [1.82, 2.24) is 14.6 Å². The van der Waals surface area contributed by atoms with Crippen LogP contribution in [0.4, 0.5) is 4.39 Å². The molecule has 1 aromatic carbocycles. The first-order valence-electron chi connectivity index (χ1n) is 5.48. The molecule has 0 spiro atoms. The molecule has 2 heterocycles. The van der Waals surface area contributed by atoms with Gasteiger partial charge in [-0.15, -0.1) is 0 Å². The predicted octanol–water partition coefficient (Wildman–Crippen LogP) is 2.03. The van der Waals surface area contributed by atoms with Crippen molar-refractivity contribution < 1.29 is 9.50 Å². The lowest BCUT2D eigenvalue weighted by atomic mass is 10.1. The number of fused-ring (bicyclic) bond motifs is 1. The molecule has 3 rings (SSSR count). The van der Waals surface area contributed by atoms with Crippen molar-refractivity contribution in [3.8, 4) is 11.3 Å². The Balaban J connectivity index is 2.12. The molecule has 0 bridgehead atoms. The van der Waals surface area contributed by atoms with E-state index in [-0.39, 0.29) is 12.4 Å². The van der Waals surface area contributed by atoms with Crippen LogP contribution in [0.3, 0.4) is 0 Å². The average molecular weight is 243 g/mol. The largest absolute Gasteiger partial charge is 0.390 e. The third kappa shape index (κ3) is 1.84. The van der Waals surface area contributed by atoms with Gasteiger partial charge in [0.1, 0.15) is 5.82 Å². The lowest BCUT2D eigenvalue weighted by Crippen LogP contribution is -1.93. The summed E-state index contributed by atoms with van der Waals surface area (Å²) >= 11 is 0. The molecule has 0 aliphatic heterocycles. The summed E-state index contributed by atoms with van der Waals surface area (Å²) in [5, 5.41) is 13.3. The minimum Gasteiger partial charge on any atom is -0.390 e. The van der Waals surface area contributed by atoms with Crippen molar-refractivity contribution in [3.05, 3.63) is 54.1 Å². The number of hydrogen-bond donors (Lipinski definition) is 1. The van der Waals surface area contributed by atoms with Gasteiger partial charge in [0.25, 0.3) is 0 Å². The van der Waals surface area contributed by atoms with E-state index in [0.717, 1.165) is 0 Å². The monoisotopic (exact) mass is 243 g/mol. The van der Waals surface area contributed by atoms with Gasteiger partial charge in [-0.1, -0.05) is 12.1 Å². The fourth-order valence-corrected chi connectivity index (χ4v) is 1.81. The molecule has 4 nitrogen and oxygen atoms in total. The van der Waals surface area contributed by atoms with E-state index >= 15 is 0 Å². The molecule has 2 aromatic heterocycles. The predicted molar refractivity (Wildman–Crippen MR) is 64.3 cm³/mol. The summed E-state index contributed by atoms with van der Waals surface area (Å²) in [7, 11) is 0. The van der Waals surface area contributed by atoms with Crippen LogP contribution >= 0.6 is 0 Å². The van der Waals surface area contributed by atoms with E-state index in [2.05, 4.69) is 10.1 Å². The summed E-state index contributed by atoms with van der Waals surface area (Å²) in [4.78, 5) is 4.16. The summed E-state index contributed by atoms with van der Waals surface area (Å²) in [6, 6.07) is 9.82. The standard InChI is InChI=1S/C13H10FN3O/c14-10-3-1-2-9(6-10)12-4-5-13-15-11(8-18)7-17(13)16-12/h1-7,18H,8H2. The number of benzene rings is 1. The molecule has 0 saturated heterocycles. The van der Waals surface area contributed by atoms with E-state index in [9.17, 15) is 4.39 Å². The van der Waals surface area contributed by atoms with Crippen molar-refractivity contribution in [2.24, 2.45) is 0 Å². The molecular weight excluding hydrogens is 233 g/mol. The Morgan fingerprint density at radius 2 is 2.11 bits per heavy atom. The van der Waals surface area contributed by atoms with Crippen LogP contribution in [0, 0.1) is 5.82 Å². The van der Waals surface area contributed by atoms with Crippen molar-refractivity contribution in [2.75, 3.05) is 0 Å². The second kappa shape index (κ2) is 4.19. The molecule has 0 unspecified atom stereocenters. The van der Waals surface area contributed by atoms with Gasteiger partial charge < -0.3 is 5.11 Å². The number of aliphatic hydroxyl groups excluding tert-OH is 1. The minimum absolute atomic E-state index is 0.126. The zero-order valence-electron chi connectivity index (χ0n) is 9.42. The minimum atomic E-state index is -0.295. The smallest absolute Gasteiger partial charge is 0.153 e. The lowest BCUT2D eigenvalue weighted by Gasteiger charge is -2.01. The van der Waals surface area contributed by atoms with Gasteiger partial charge in [0.15, 0.2) is 5.65 Å². The van der Waals surface area contributed by atoms with Crippen molar-refractivity contribution >= 4 is 5.65 Å². The molecule has 3 aromatic rings. The van der Waals surface area contributed by atoms with E-state index in [1.165, 1.54) is 12.1 Å². The lowest BCUT2D eigenvalue weighted by molar-refractivity contribution is 0.277. The number of hydrogen-bond acceptors (Lipinski definition) is 3. The van der Waals surface area contributed by atoms with E-state index in [1.807, 2.05) is 0 Å². The van der Waals surface area contributed by atoms with Crippen LogP contribution in [-0.2, 0) is 6.61 Å². The number of nitrogens with zero attached hydrogens (tertiary/aromatic N) is 3. The molecule has 0 radical (unpaired) electrons. The zero-order chi connectivity index (χ0) is 12.5. The van der Waals surface area contributed by atoms with Gasteiger partial charge in [-0.2, -0.15) is 5.10 Å². The molecule has 0 aliphatic rings. The van der Waals surface area contributed by atoms with Gasteiger partial charge in [0.2, 0.25) is 0 Å². The molecule has 18 heavy (non-hydrogen) atoms. The summed E-state index contributed by atoms with van der Waals surface area (Å²) < 4.78 is 14.7. The van der Waals surface area contributed by atoms with E-state index in [1.54, 1.807) is 35.0 Å². The molecule has 0 atom stereocenters. The summed E-state index contributed by atoms with van der Waals surface area (Å²) in [5.41, 5.74) is 2.57. The average Bonchev–Trinajstić information content (AvgIpc) is 2.80. The normalized spacial score (nSPS) is 11.0. The van der Waals surface area contributed by atoms with Crippen LogP contribution in [0.15, 0.2) is 42.6 Å². The number of halogens is 1. The fourth-order valence-electron chi connectivity index (χ4n) is 1.81. The molecule has 5 heteroatoms. The van der Waals surface area contributed by atoms with Crippen molar-refractivity contribution in [3.63, 3.8) is 0 Å². The second-order valence-corrected chi connectivity index (χ2v) is 3.92. The number of aliphatic hydroxyl groups is 1. The van der Waals surface area contributed by atoms with Gasteiger partial charge in [0, 0.05) is 5.56 Å². The first kappa shape index (κ1) is 10.9. The molecule has 0 amide bonds. The third-order valence-electron chi connectivity index (χ3n) is 2.65. The summed E-state index contributed by atoms with van der Waals surface area (Å²) in [6.45, 7) is -0.126. The maximum atomic E-state index is 13.1. The Labute approximate surface area is 102 Å². The van der Waals surface area contributed by atoms with Crippen LogP contribution in [0.5, 0.6) is 0 Å². The quantitative estimate of drug-likeness (QED) is 0.749. The zero-order valence-corrected chi connectivity index (χ0v) is 9.42. The second-order valence-electron chi connectivity index (χ2n) is 3.92. The first-order chi connectivity index (χ1) is 8.76. The Bertz CT molecular complexity index is 708. The van der Waals surface area contributed by atoms with Gasteiger partial charge in [-0.25, -0.2) is 13.9 Å². The van der Waals surface area contributed by atoms with Gasteiger partial charge >= 0.3 is 0 Å². The van der Waals surface area contributed by atoms with Crippen LogP contribution in [-0.4, -0.2) is 19.7 Å². The van der Waals surface area contributed by atoms with E-state index in [4.69, 9.17) is 5.11 Å². The highest BCUT2D eigenvalue weighted by molar-refractivity contribution is 5.60. The molecule has 0 aliphatic carbocycles. The molecule has 1 N–H and O–H groups in total. The highest BCUT2D eigenvalue weighted by Gasteiger charge is 2.05. The fraction of sp³-hybridized carbons (Fsp3) is 0.0769. The number of aromatic nitrogens is 3. The molecular formula is C13H10FN3O. The van der Waals surface area contributed by atoms with Crippen LogP contribution in [0.1, 0.15) is 5.69 Å². The van der Waals surface area contributed by atoms with Crippen LogP contribution in [0.25, 0.3) is 16.9 Å². The molecule has 90 valence electrons. The Morgan fingerprint density at radius 3 is 2.89 bits per heavy atom. The Hall–Kier alpha value is -2.27. The maximum absolute atomic E-state index is 13.1. The van der Waals surface area contributed by atoms with E-state index in [0.29, 0.717) is 22.6 Å². The van der Waals surface area contributed by atoms with Gasteiger partial charge in [-0.05, 0) is 24.3 Å². The highest BCUT2D eigenvalue weighted by Crippen LogP contribution is 2.18. The van der Waals surface area contributed by atoms with Gasteiger partial charge in [-0.3, -0.25) is 0 Å². The Kier molecular flexibility index (Phi) is 2.53. The van der Waals surface area contributed by atoms with Crippen molar-refractivity contribution in [1.29, 1.82) is 0 Å². The maximum Gasteiger partial charge on any atom is 0.153 e. The molecule has 0 saturated carbocycles. The third-order valence-corrected chi connectivity index (χ3v) is 2.65. The summed E-state index contributed by atoms with van der Waals surface area (Å²) in [6.07, 6.45) is 1.65. The summed E-state index contributed by atoms with van der Waals surface area (Å²) in [5.74, 6) is -0.295. The topological polar surface area (TPSA) is 50.4 Å². The number of imidazole rings is 1. The first-order valence-corrected chi connectivity index (χ1v) is 5.48. The van der Waals surface area contributed by atoms with Crippen molar-refractivity contribution in [2.45, 2.75) is 6.61 Å².